The van der Waals surface area contributed by atoms with Crippen molar-refractivity contribution in [1.82, 2.24) is 15.1 Å². The van der Waals surface area contributed by atoms with E-state index in [1.165, 1.54) is 4.68 Å². The third kappa shape index (κ3) is 4.05. The van der Waals surface area contributed by atoms with Crippen molar-refractivity contribution in [2.24, 2.45) is 0 Å². The quantitative estimate of drug-likeness (QED) is 0.903. The van der Waals surface area contributed by atoms with Crippen molar-refractivity contribution in [1.29, 1.82) is 0 Å². The van der Waals surface area contributed by atoms with Gasteiger partial charge in [-0.3, -0.25) is 9.59 Å². The van der Waals surface area contributed by atoms with E-state index in [1.54, 1.807) is 12.3 Å². The van der Waals surface area contributed by atoms with Crippen LogP contribution >= 0.6 is 0 Å². The molecule has 104 valence electrons. The van der Waals surface area contributed by atoms with Gasteiger partial charge in [-0.15, -0.1) is 0 Å². The molecule has 1 aromatic heterocycles. The van der Waals surface area contributed by atoms with Crippen molar-refractivity contribution in [3.63, 3.8) is 0 Å². The van der Waals surface area contributed by atoms with E-state index in [-0.39, 0.29) is 24.7 Å². The number of hydrogen-bond donors (Lipinski definition) is 1. The molecule has 0 aliphatic rings. The summed E-state index contributed by atoms with van der Waals surface area (Å²) in [5.74, 6) is -0.306. The summed E-state index contributed by atoms with van der Waals surface area (Å²) < 4.78 is 1.28. The minimum Gasteiger partial charge on any atom is -0.352 e. The molecule has 20 heavy (non-hydrogen) atoms. The van der Waals surface area contributed by atoms with Crippen LogP contribution in [0, 0.1) is 6.92 Å². The van der Waals surface area contributed by atoms with Gasteiger partial charge in [0.15, 0.2) is 0 Å². The molecular weight excluding hydrogens is 254 g/mol. The average Bonchev–Trinajstić information content (AvgIpc) is 2.90. The summed E-state index contributed by atoms with van der Waals surface area (Å²) >= 11 is 0. The molecule has 5 heteroatoms. The second-order valence-electron chi connectivity index (χ2n) is 4.56. The molecule has 0 unspecified atom stereocenters. The highest BCUT2D eigenvalue weighted by Crippen LogP contribution is 2.00. The lowest BCUT2D eigenvalue weighted by Gasteiger charge is -2.05. The third-order valence-electron chi connectivity index (χ3n) is 2.88. The molecule has 0 radical (unpaired) electrons. The number of aromatic nitrogens is 2. The van der Waals surface area contributed by atoms with Gasteiger partial charge in [-0.2, -0.15) is 5.10 Å². The lowest BCUT2D eigenvalue weighted by molar-refractivity contribution is -0.121. The minimum atomic E-state index is -0.173. The second kappa shape index (κ2) is 6.65. The Morgan fingerprint density at radius 3 is 2.55 bits per heavy atom. The molecule has 0 saturated heterocycles. The summed E-state index contributed by atoms with van der Waals surface area (Å²) in [6, 6.07) is 11.4. The Morgan fingerprint density at radius 1 is 1.15 bits per heavy atom. The number of amides is 1. The topological polar surface area (TPSA) is 64.0 Å². The van der Waals surface area contributed by atoms with E-state index in [0.717, 1.165) is 11.3 Å². The fourth-order valence-electron chi connectivity index (χ4n) is 1.77. The Balaban J connectivity index is 1.74. The summed E-state index contributed by atoms with van der Waals surface area (Å²) in [6.45, 7) is 2.30. The number of hydrogen-bond acceptors (Lipinski definition) is 3. The summed E-state index contributed by atoms with van der Waals surface area (Å²) in [4.78, 5) is 23.4. The minimum absolute atomic E-state index is 0.133. The standard InChI is InChI=1S/C15H17N3O2/c1-12-9-10-18(17-12)15(20)8-7-14(19)16-11-13-5-3-2-4-6-13/h2-6,9-10H,7-8,11H2,1H3,(H,16,19). The second-order valence-corrected chi connectivity index (χ2v) is 4.56. The first-order chi connectivity index (χ1) is 9.65. The van der Waals surface area contributed by atoms with Gasteiger partial charge in [-0.05, 0) is 18.6 Å². The molecular formula is C15H17N3O2. The van der Waals surface area contributed by atoms with Crippen LogP contribution in [0.2, 0.25) is 0 Å². The van der Waals surface area contributed by atoms with Crippen molar-refractivity contribution >= 4 is 11.8 Å². The van der Waals surface area contributed by atoms with Crippen LogP contribution in [0.15, 0.2) is 42.6 Å². The monoisotopic (exact) mass is 271 g/mol. The summed E-state index contributed by atoms with van der Waals surface area (Å²) in [5, 5.41) is 6.81. The van der Waals surface area contributed by atoms with Crippen molar-refractivity contribution in [2.75, 3.05) is 0 Å². The van der Waals surface area contributed by atoms with Gasteiger partial charge in [-0.25, -0.2) is 4.68 Å². The largest absolute Gasteiger partial charge is 0.352 e. The van der Waals surface area contributed by atoms with Crippen LogP contribution in [0.4, 0.5) is 0 Å². The van der Waals surface area contributed by atoms with Crippen LogP contribution in [0.3, 0.4) is 0 Å². The maximum atomic E-state index is 11.8. The van der Waals surface area contributed by atoms with Crippen LogP contribution < -0.4 is 5.32 Å². The van der Waals surface area contributed by atoms with Crippen LogP contribution in [0.25, 0.3) is 0 Å². The van der Waals surface area contributed by atoms with E-state index in [9.17, 15) is 9.59 Å². The molecule has 1 heterocycles. The lowest BCUT2D eigenvalue weighted by Crippen LogP contribution is -2.24. The first-order valence-corrected chi connectivity index (χ1v) is 6.51. The highest BCUT2D eigenvalue weighted by atomic mass is 16.2. The van der Waals surface area contributed by atoms with E-state index in [0.29, 0.717) is 6.54 Å². The maximum Gasteiger partial charge on any atom is 0.247 e. The molecule has 0 aliphatic heterocycles. The van der Waals surface area contributed by atoms with E-state index in [1.807, 2.05) is 37.3 Å². The fourth-order valence-corrected chi connectivity index (χ4v) is 1.77. The number of nitrogens with zero attached hydrogens (tertiary/aromatic N) is 2. The Morgan fingerprint density at radius 2 is 1.90 bits per heavy atom. The summed E-state index contributed by atoms with van der Waals surface area (Å²) in [6.07, 6.45) is 1.94. The average molecular weight is 271 g/mol. The summed E-state index contributed by atoms with van der Waals surface area (Å²) in [7, 11) is 0. The Labute approximate surface area is 117 Å². The van der Waals surface area contributed by atoms with Gasteiger partial charge in [-0.1, -0.05) is 30.3 Å². The van der Waals surface area contributed by atoms with Crippen molar-refractivity contribution in [3.8, 4) is 0 Å². The molecule has 0 fully saturated rings. The first kappa shape index (κ1) is 14.0. The van der Waals surface area contributed by atoms with Crippen molar-refractivity contribution in [3.05, 3.63) is 53.9 Å². The zero-order valence-electron chi connectivity index (χ0n) is 11.4. The molecule has 0 aliphatic carbocycles. The van der Waals surface area contributed by atoms with Gasteiger partial charge in [0.05, 0.1) is 5.69 Å². The lowest BCUT2D eigenvalue weighted by atomic mass is 10.2. The number of carbonyl (C=O) groups excluding carboxylic acids is 2. The van der Waals surface area contributed by atoms with Crippen molar-refractivity contribution < 1.29 is 9.59 Å². The van der Waals surface area contributed by atoms with E-state index in [4.69, 9.17) is 0 Å². The number of nitrogens with one attached hydrogen (secondary N) is 1. The zero-order chi connectivity index (χ0) is 14.4. The number of aryl methyl sites for hydroxylation is 1. The normalized spacial score (nSPS) is 10.2. The van der Waals surface area contributed by atoms with Crippen LogP contribution in [-0.2, 0) is 11.3 Å². The smallest absolute Gasteiger partial charge is 0.247 e. The first-order valence-electron chi connectivity index (χ1n) is 6.51. The van der Waals surface area contributed by atoms with Gasteiger partial charge in [0, 0.05) is 25.6 Å². The third-order valence-corrected chi connectivity index (χ3v) is 2.88. The van der Waals surface area contributed by atoms with Gasteiger partial charge < -0.3 is 5.32 Å². The van der Waals surface area contributed by atoms with Gasteiger partial charge in [0.1, 0.15) is 0 Å². The fraction of sp³-hybridized carbons (Fsp3) is 0.267. The number of rotatable bonds is 5. The Kier molecular flexibility index (Phi) is 4.65. The molecule has 1 aromatic carbocycles. The zero-order valence-corrected chi connectivity index (χ0v) is 11.4. The van der Waals surface area contributed by atoms with E-state index < -0.39 is 0 Å². The van der Waals surface area contributed by atoms with E-state index in [2.05, 4.69) is 10.4 Å². The summed E-state index contributed by atoms with van der Waals surface area (Å²) in [5.41, 5.74) is 1.82. The molecule has 0 atom stereocenters. The van der Waals surface area contributed by atoms with Crippen LogP contribution in [0.1, 0.15) is 28.9 Å². The molecule has 2 aromatic rings. The molecule has 1 amide bonds. The SMILES string of the molecule is Cc1ccn(C(=O)CCC(=O)NCc2ccccc2)n1. The molecule has 0 saturated carbocycles. The molecule has 0 spiro atoms. The van der Waals surface area contributed by atoms with Crippen LogP contribution in [-0.4, -0.2) is 21.6 Å². The van der Waals surface area contributed by atoms with Crippen molar-refractivity contribution in [2.45, 2.75) is 26.3 Å². The highest BCUT2D eigenvalue weighted by molar-refractivity contribution is 5.84. The predicted molar refractivity (Wildman–Crippen MR) is 75.1 cm³/mol. The van der Waals surface area contributed by atoms with E-state index >= 15 is 0 Å². The Bertz CT molecular complexity index is 590. The molecule has 2 rings (SSSR count). The van der Waals surface area contributed by atoms with Gasteiger partial charge >= 0.3 is 0 Å². The maximum absolute atomic E-state index is 11.8. The highest BCUT2D eigenvalue weighted by Gasteiger charge is 2.09. The molecule has 1 N–H and O–H groups in total. The number of carbonyl (C=O) groups is 2. The van der Waals surface area contributed by atoms with Gasteiger partial charge in [0.25, 0.3) is 0 Å². The molecule has 0 bridgehead atoms. The van der Waals surface area contributed by atoms with Gasteiger partial charge in [0.2, 0.25) is 11.8 Å². The number of benzene rings is 1. The molecule has 5 nitrogen and oxygen atoms in total. The predicted octanol–water partition coefficient (Wildman–Crippen LogP) is 1.93. The van der Waals surface area contributed by atoms with Crippen LogP contribution in [0.5, 0.6) is 0 Å². The Hall–Kier alpha value is -2.43.